The molecule has 12 heavy (non-hydrogen) atoms. The highest BCUT2D eigenvalue weighted by atomic mass is 16.2. The van der Waals surface area contributed by atoms with Crippen molar-refractivity contribution in [2.24, 2.45) is 0 Å². The highest BCUT2D eigenvalue weighted by Gasteiger charge is 1.96. The maximum absolute atomic E-state index is 8.58. The van der Waals surface area contributed by atoms with Crippen LogP contribution in [0.15, 0.2) is 24.3 Å². The zero-order chi connectivity index (χ0) is 8.97. The molecule has 0 spiro atoms. The average molecular weight is 163 g/mol. The van der Waals surface area contributed by atoms with Crippen molar-refractivity contribution < 1.29 is 5.11 Å². The van der Waals surface area contributed by atoms with E-state index in [1.54, 1.807) is 6.08 Å². The number of rotatable bonds is 2. The largest absolute Gasteiger partial charge is 0.398 e. The first kappa shape index (κ1) is 8.81. The monoisotopic (exact) mass is 163 g/mol. The van der Waals surface area contributed by atoms with E-state index in [-0.39, 0.29) is 6.61 Å². The minimum absolute atomic E-state index is 0.0494. The van der Waals surface area contributed by atoms with Crippen LogP contribution in [0.5, 0.6) is 0 Å². The molecule has 0 bridgehead atoms. The molecule has 1 aromatic rings. The summed E-state index contributed by atoms with van der Waals surface area (Å²) in [6, 6.07) is 5.76. The molecular formula is C10H13NO. The fraction of sp³-hybridized carbons (Fsp3) is 0.200. The summed E-state index contributed by atoms with van der Waals surface area (Å²) in [4.78, 5) is 0. The number of anilines is 1. The first-order chi connectivity index (χ1) is 5.75. The van der Waals surface area contributed by atoms with Crippen molar-refractivity contribution in [3.8, 4) is 0 Å². The predicted octanol–water partition coefficient (Wildman–Crippen LogP) is 1.58. The van der Waals surface area contributed by atoms with Crippen LogP contribution in [0.25, 0.3) is 6.08 Å². The number of nitrogen functional groups attached to an aromatic ring is 1. The SMILES string of the molecule is Cc1cccc(N)c1C=CCO. The number of benzene rings is 1. The Morgan fingerprint density at radius 3 is 2.83 bits per heavy atom. The van der Waals surface area contributed by atoms with Crippen molar-refractivity contribution in [1.82, 2.24) is 0 Å². The molecule has 0 saturated carbocycles. The highest BCUT2D eigenvalue weighted by Crippen LogP contribution is 2.17. The van der Waals surface area contributed by atoms with Crippen molar-refractivity contribution in [1.29, 1.82) is 0 Å². The third kappa shape index (κ3) is 1.86. The molecule has 0 radical (unpaired) electrons. The van der Waals surface area contributed by atoms with Crippen molar-refractivity contribution >= 4 is 11.8 Å². The molecule has 3 N–H and O–H groups in total. The van der Waals surface area contributed by atoms with Gasteiger partial charge in [-0.05, 0) is 18.6 Å². The number of hydrogen-bond donors (Lipinski definition) is 2. The number of aryl methyl sites for hydroxylation is 1. The minimum atomic E-state index is 0.0494. The molecule has 0 unspecified atom stereocenters. The van der Waals surface area contributed by atoms with Gasteiger partial charge in [-0.3, -0.25) is 0 Å². The summed E-state index contributed by atoms with van der Waals surface area (Å²) in [5.41, 5.74) is 8.60. The lowest BCUT2D eigenvalue weighted by Gasteiger charge is -2.03. The van der Waals surface area contributed by atoms with Gasteiger partial charge in [0.2, 0.25) is 0 Å². The van der Waals surface area contributed by atoms with E-state index >= 15 is 0 Å². The van der Waals surface area contributed by atoms with Gasteiger partial charge in [0.05, 0.1) is 6.61 Å². The van der Waals surface area contributed by atoms with E-state index in [1.807, 2.05) is 31.2 Å². The summed E-state index contributed by atoms with van der Waals surface area (Å²) in [6.45, 7) is 2.04. The molecule has 1 aromatic carbocycles. The summed E-state index contributed by atoms with van der Waals surface area (Å²) in [5.74, 6) is 0. The zero-order valence-electron chi connectivity index (χ0n) is 7.12. The van der Waals surface area contributed by atoms with Gasteiger partial charge < -0.3 is 10.8 Å². The molecule has 1 rings (SSSR count). The average Bonchev–Trinajstić information content (AvgIpc) is 2.04. The van der Waals surface area contributed by atoms with E-state index in [9.17, 15) is 0 Å². The Hall–Kier alpha value is -1.28. The fourth-order valence-corrected chi connectivity index (χ4v) is 1.10. The lowest BCUT2D eigenvalue weighted by molar-refractivity contribution is 0.343. The third-order valence-corrected chi connectivity index (χ3v) is 1.75. The van der Waals surface area contributed by atoms with E-state index in [0.717, 1.165) is 16.8 Å². The third-order valence-electron chi connectivity index (χ3n) is 1.75. The second-order valence-corrected chi connectivity index (χ2v) is 2.66. The van der Waals surface area contributed by atoms with Crippen molar-refractivity contribution in [2.45, 2.75) is 6.92 Å². The van der Waals surface area contributed by atoms with Crippen LogP contribution in [0.3, 0.4) is 0 Å². The highest BCUT2D eigenvalue weighted by molar-refractivity contribution is 5.67. The Morgan fingerprint density at radius 1 is 1.50 bits per heavy atom. The molecule has 2 heteroatoms. The summed E-state index contributed by atoms with van der Waals surface area (Å²) in [6.07, 6.45) is 3.52. The number of aliphatic hydroxyl groups excluding tert-OH is 1. The standard InChI is InChI=1S/C10H13NO/c1-8-4-2-6-10(11)9(8)5-3-7-12/h2-6,12H,7,11H2,1H3. The first-order valence-electron chi connectivity index (χ1n) is 3.88. The maximum Gasteiger partial charge on any atom is 0.0615 e. The van der Waals surface area contributed by atoms with Crippen LogP contribution in [0.1, 0.15) is 11.1 Å². The molecule has 0 atom stereocenters. The second kappa shape index (κ2) is 3.93. The van der Waals surface area contributed by atoms with Gasteiger partial charge in [-0.25, -0.2) is 0 Å². The number of nitrogens with two attached hydrogens (primary N) is 1. The molecule has 0 aliphatic carbocycles. The molecular weight excluding hydrogens is 150 g/mol. The van der Waals surface area contributed by atoms with Crippen LogP contribution in [0.2, 0.25) is 0 Å². The van der Waals surface area contributed by atoms with Crippen LogP contribution >= 0.6 is 0 Å². The number of aliphatic hydroxyl groups is 1. The van der Waals surface area contributed by atoms with Gasteiger partial charge in [0.1, 0.15) is 0 Å². The van der Waals surface area contributed by atoms with Gasteiger partial charge in [-0.15, -0.1) is 0 Å². The predicted molar refractivity (Wildman–Crippen MR) is 51.7 cm³/mol. The van der Waals surface area contributed by atoms with Crippen molar-refractivity contribution in [3.05, 3.63) is 35.4 Å². The minimum Gasteiger partial charge on any atom is -0.398 e. The lowest BCUT2D eigenvalue weighted by atomic mass is 10.1. The summed E-state index contributed by atoms with van der Waals surface area (Å²) >= 11 is 0. The molecule has 0 heterocycles. The molecule has 0 fully saturated rings. The Balaban J connectivity index is 3.04. The van der Waals surface area contributed by atoms with Gasteiger partial charge in [-0.1, -0.05) is 24.3 Å². The Labute approximate surface area is 72.3 Å². The van der Waals surface area contributed by atoms with Crippen molar-refractivity contribution in [3.63, 3.8) is 0 Å². The van der Waals surface area contributed by atoms with Crippen LogP contribution in [0, 0.1) is 6.92 Å². The van der Waals surface area contributed by atoms with Gasteiger partial charge in [0, 0.05) is 11.3 Å². The quantitative estimate of drug-likeness (QED) is 0.650. The van der Waals surface area contributed by atoms with E-state index < -0.39 is 0 Å². The van der Waals surface area contributed by atoms with Gasteiger partial charge >= 0.3 is 0 Å². The van der Waals surface area contributed by atoms with Crippen LogP contribution in [-0.4, -0.2) is 11.7 Å². The smallest absolute Gasteiger partial charge is 0.0615 e. The summed E-state index contributed by atoms with van der Waals surface area (Å²) in [7, 11) is 0. The first-order valence-corrected chi connectivity index (χ1v) is 3.88. The molecule has 0 aromatic heterocycles. The second-order valence-electron chi connectivity index (χ2n) is 2.66. The van der Waals surface area contributed by atoms with Gasteiger partial charge in [0.25, 0.3) is 0 Å². The summed E-state index contributed by atoms with van der Waals surface area (Å²) < 4.78 is 0. The van der Waals surface area contributed by atoms with Gasteiger partial charge in [0.15, 0.2) is 0 Å². The lowest BCUT2D eigenvalue weighted by Crippen LogP contribution is -1.91. The Morgan fingerprint density at radius 2 is 2.25 bits per heavy atom. The van der Waals surface area contributed by atoms with Gasteiger partial charge in [-0.2, -0.15) is 0 Å². The van der Waals surface area contributed by atoms with E-state index in [1.165, 1.54) is 0 Å². The van der Waals surface area contributed by atoms with E-state index in [0.29, 0.717) is 0 Å². The van der Waals surface area contributed by atoms with Crippen LogP contribution in [0.4, 0.5) is 5.69 Å². The molecule has 0 aliphatic heterocycles. The fourth-order valence-electron chi connectivity index (χ4n) is 1.10. The van der Waals surface area contributed by atoms with E-state index in [4.69, 9.17) is 10.8 Å². The molecule has 64 valence electrons. The maximum atomic E-state index is 8.58. The molecule has 0 amide bonds. The van der Waals surface area contributed by atoms with E-state index in [2.05, 4.69) is 0 Å². The van der Waals surface area contributed by atoms with Crippen LogP contribution < -0.4 is 5.73 Å². The molecule has 0 saturated heterocycles. The molecule has 2 nitrogen and oxygen atoms in total. The zero-order valence-corrected chi connectivity index (χ0v) is 7.12. The number of hydrogen-bond acceptors (Lipinski definition) is 2. The normalized spacial score (nSPS) is 10.8. The van der Waals surface area contributed by atoms with Crippen LogP contribution in [-0.2, 0) is 0 Å². The Bertz CT molecular complexity index is 272. The Kier molecular flexibility index (Phi) is 2.88. The topological polar surface area (TPSA) is 46.2 Å². The van der Waals surface area contributed by atoms with Crippen molar-refractivity contribution in [2.75, 3.05) is 12.3 Å². The molecule has 0 aliphatic rings. The summed E-state index contributed by atoms with van der Waals surface area (Å²) in [5, 5.41) is 8.58.